The van der Waals surface area contributed by atoms with Crippen LogP contribution in [0.3, 0.4) is 0 Å². The molecule has 0 saturated carbocycles. The second-order valence-corrected chi connectivity index (χ2v) is 7.68. The van der Waals surface area contributed by atoms with Gasteiger partial charge in [-0.25, -0.2) is 0 Å². The molecule has 1 amide bonds. The predicted molar refractivity (Wildman–Crippen MR) is 110 cm³/mol. The van der Waals surface area contributed by atoms with Gasteiger partial charge in [0.2, 0.25) is 5.91 Å². The molecule has 1 atom stereocenters. The summed E-state index contributed by atoms with van der Waals surface area (Å²) in [6, 6.07) is 11.5. The Morgan fingerprint density at radius 1 is 1.21 bits per heavy atom. The Balaban J connectivity index is 1.64. The van der Waals surface area contributed by atoms with Crippen LogP contribution in [0.4, 0.5) is 0 Å². The van der Waals surface area contributed by atoms with Gasteiger partial charge in [-0.2, -0.15) is 5.10 Å². The van der Waals surface area contributed by atoms with Gasteiger partial charge in [-0.05, 0) is 54.7 Å². The first-order chi connectivity index (χ1) is 13.6. The number of halogens is 1. The molecule has 0 spiro atoms. The minimum atomic E-state index is -0.00944. The van der Waals surface area contributed by atoms with Crippen LogP contribution < -0.4 is 0 Å². The van der Waals surface area contributed by atoms with E-state index in [4.69, 9.17) is 16.7 Å². The molecule has 5 nitrogen and oxygen atoms in total. The van der Waals surface area contributed by atoms with Gasteiger partial charge >= 0.3 is 0 Å². The fourth-order valence-electron chi connectivity index (χ4n) is 3.94. The Kier molecular flexibility index (Phi) is 5.44. The molecule has 28 heavy (non-hydrogen) atoms. The van der Waals surface area contributed by atoms with Crippen molar-refractivity contribution in [1.29, 1.82) is 0 Å². The zero-order valence-electron chi connectivity index (χ0n) is 15.9. The van der Waals surface area contributed by atoms with Gasteiger partial charge in [0.05, 0.1) is 18.2 Å². The molecule has 4 rings (SSSR count). The number of aromatic nitrogens is 3. The highest BCUT2D eigenvalue weighted by Gasteiger charge is 2.31. The summed E-state index contributed by atoms with van der Waals surface area (Å²) < 4.78 is 1.83. The minimum Gasteiger partial charge on any atom is -0.334 e. The van der Waals surface area contributed by atoms with Crippen molar-refractivity contribution in [2.75, 3.05) is 6.54 Å². The van der Waals surface area contributed by atoms with E-state index in [0.717, 1.165) is 48.2 Å². The summed E-state index contributed by atoms with van der Waals surface area (Å²) in [5.41, 5.74) is 4.05. The lowest BCUT2D eigenvalue weighted by atomic mass is 9.94. The smallest absolute Gasteiger partial charge is 0.227 e. The van der Waals surface area contributed by atoms with Crippen LogP contribution in [-0.2, 0) is 18.3 Å². The van der Waals surface area contributed by atoms with Crippen LogP contribution >= 0.6 is 11.6 Å². The van der Waals surface area contributed by atoms with Crippen molar-refractivity contribution in [3.05, 3.63) is 71.3 Å². The van der Waals surface area contributed by atoms with E-state index in [2.05, 4.69) is 4.98 Å². The summed E-state index contributed by atoms with van der Waals surface area (Å²) >= 11 is 6.09. The third-order valence-corrected chi connectivity index (χ3v) is 5.47. The Morgan fingerprint density at radius 2 is 2.04 bits per heavy atom. The topological polar surface area (TPSA) is 51.0 Å². The van der Waals surface area contributed by atoms with Crippen LogP contribution in [0, 0.1) is 0 Å². The Morgan fingerprint density at radius 3 is 2.82 bits per heavy atom. The van der Waals surface area contributed by atoms with Crippen molar-refractivity contribution < 1.29 is 4.79 Å². The summed E-state index contributed by atoms with van der Waals surface area (Å²) in [7, 11) is 1.93. The fraction of sp³-hybridized carbons (Fsp3) is 0.318. The molecule has 2 aromatic heterocycles. The molecule has 6 heteroatoms. The maximum Gasteiger partial charge on any atom is 0.227 e. The van der Waals surface area contributed by atoms with E-state index < -0.39 is 0 Å². The van der Waals surface area contributed by atoms with Gasteiger partial charge in [0.25, 0.3) is 0 Å². The van der Waals surface area contributed by atoms with E-state index >= 15 is 0 Å². The third-order valence-electron chi connectivity index (χ3n) is 5.23. The lowest BCUT2D eigenvalue weighted by Gasteiger charge is -2.35. The van der Waals surface area contributed by atoms with E-state index in [0.29, 0.717) is 11.4 Å². The number of amides is 1. The van der Waals surface area contributed by atoms with Gasteiger partial charge in [0.1, 0.15) is 0 Å². The Labute approximate surface area is 170 Å². The molecular weight excluding hydrogens is 372 g/mol. The van der Waals surface area contributed by atoms with Crippen LogP contribution in [0.25, 0.3) is 11.1 Å². The summed E-state index contributed by atoms with van der Waals surface area (Å²) in [6.07, 6.45) is 9.00. The van der Waals surface area contributed by atoms with Crippen molar-refractivity contribution in [3.63, 3.8) is 0 Å². The number of pyridine rings is 1. The van der Waals surface area contributed by atoms with Gasteiger partial charge in [0.15, 0.2) is 0 Å². The zero-order valence-corrected chi connectivity index (χ0v) is 16.6. The highest BCUT2D eigenvalue weighted by atomic mass is 35.5. The second kappa shape index (κ2) is 8.15. The van der Waals surface area contributed by atoms with Crippen LogP contribution in [0.2, 0.25) is 5.02 Å². The van der Waals surface area contributed by atoms with Gasteiger partial charge < -0.3 is 4.90 Å². The largest absolute Gasteiger partial charge is 0.334 e. The van der Waals surface area contributed by atoms with E-state index in [9.17, 15) is 4.79 Å². The number of hydrogen-bond donors (Lipinski definition) is 0. The van der Waals surface area contributed by atoms with Gasteiger partial charge in [-0.3, -0.25) is 14.5 Å². The quantitative estimate of drug-likeness (QED) is 0.657. The fourth-order valence-corrected chi connectivity index (χ4v) is 4.16. The number of carbonyl (C=O) groups is 1. The molecule has 1 unspecified atom stereocenters. The van der Waals surface area contributed by atoms with Gasteiger partial charge in [-0.15, -0.1) is 0 Å². The first-order valence-corrected chi connectivity index (χ1v) is 9.97. The molecular formula is C22H23ClN4O. The van der Waals surface area contributed by atoms with Crippen LogP contribution in [0.15, 0.2) is 55.0 Å². The highest BCUT2D eigenvalue weighted by Crippen LogP contribution is 2.36. The molecule has 0 N–H and O–H groups in total. The molecule has 0 aliphatic carbocycles. The van der Waals surface area contributed by atoms with Crippen LogP contribution in [0.5, 0.6) is 0 Å². The molecule has 144 valence electrons. The van der Waals surface area contributed by atoms with Gasteiger partial charge in [-0.1, -0.05) is 23.7 Å². The molecule has 3 aromatic rings. The average Bonchev–Trinajstić information content (AvgIpc) is 3.10. The number of carbonyl (C=O) groups excluding carboxylic acids is 1. The number of benzene rings is 1. The predicted octanol–water partition coefficient (Wildman–Crippen LogP) is 4.43. The molecule has 1 saturated heterocycles. The molecule has 1 aliphatic heterocycles. The van der Waals surface area contributed by atoms with Crippen molar-refractivity contribution in [2.24, 2.45) is 7.05 Å². The monoisotopic (exact) mass is 394 g/mol. The molecule has 1 aliphatic rings. The molecule has 1 fully saturated rings. The summed E-state index contributed by atoms with van der Waals surface area (Å²) in [4.78, 5) is 19.3. The number of aryl methyl sites for hydroxylation is 1. The number of likely N-dealkylation sites (tertiary alicyclic amines) is 1. The van der Waals surface area contributed by atoms with Crippen LogP contribution in [0.1, 0.15) is 36.6 Å². The second-order valence-electron chi connectivity index (χ2n) is 7.24. The van der Waals surface area contributed by atoms with Crippen molar-refractivity contribution in [3.8, 4) is 11.1 Å². The Hall–Kier alpha value is -2.66. The van der Waals surface area contributed by atoms with E-state index in [1.54, 1.807) is 12.4 Å². The summed E-state index contributed by atoms with van der Waals surface area (Å²) in [5, 5.41) is 5.40. The van der Waals surface area contributed by atoms with E-state index in [-0.39, 0.29) is 11.9 Å². The van der Waals surface area contributed by atoms with E-state index in [1.165, 1.54) is 0 Å². The lowest BCUT2D eigenvalue weighted by molar-refractivity contribution is -0.134. The average molecular weight is 395 g/mol. The third kappa shape index (κ3) is 3.94. The zero-order chi connectivity index (χ0) is 19.5. The molecule has 3 heterocycles. The lowest BCUT2D eigenvalue weighted by Crippen LogP contribution is -2.39. The van der Waals surface area contributed by atoms with Crippen molar-refractivity contribution >= 4 is 17.5 Å². The normalized spacial score (nSPS) is 16.9. The summed E-state index contributed by atoms with van der Waals surface area (Å²) in [5.74, 6) is 0.123. The Bertz CT molecular complexity index is 970. The number of nitrogens with zero attached hydrogens (tertiary/aromatic N) is 4. The maximum absolute atomic E-state index is 13.2. The van der Waals surface area contributed by atoms with Gasteiger partial charge in [0, 0.05) is 42.8 Å². The number of rotatable bonds is 4. The first kappa shape index (κ1) is 18.7. The highest BCUT2D eigenvalue weighted by molar-refractivity contribution is 6.30. The minimum absolute atomic E-state index is 0.00944. The SMILES string of the molecule is Cn1cc(-c2ccncc2)c(C2CCCCN2C(=O)Cc2cccc(Cl)c2)n1. The first-order valence-electron chi connectivity index (χ1n) is 9.59. The van der Waals surface area contributed by atoms with Crippen LogP contribution in [-0.4, -0.2) is 32.1 Å². The number of piperidine rings is 1. The molecule has 1 aromatic carbocycles. The van der Waals surface area contributed by atoms with Crippen molar-refractivity contribution in [2.45, 2.75) is 31.7 Å². The van der Waals surface area contributed by atoms with E-state index in [1.807, 2.05) is 59.2 Å². The number of hydrogen-bond acceptors (Lipinski definition) is 3. The maximum atomic E-state index is 13.2. The molecule has 0 radical (unpaired) electrons. The standard InChI is InChI=1S/C22H23ClN4O/c1-26-15-19(17-8-10-24-11-9-17)22(25-26)20-7-2-3-12-27(20)21(28)14-16-5-4-6-18(23)13-16/h4-6,8-11,13,15,20H,2-3,7,12,14H2,1H3. The summed E-state index contributed by atoms with van der Waals surface area (Å²) in [6.45, 7) is 0.760. The molecule has 0 bridgehead atoms. The van der Waals surface area contributed by atoms with Crippen molar-refractivity contribution in [1.82, 2.24) is 19.7 Å².